The molecule has 1 N–H and O–H groups in total. The quantitative estimate of drug-likeness (QED) is 0.627. The van der Waals surface area contributed by atoms with Gasteiger partial charge in [0.25, 0.3) is 0 Å². The van der Waals surface area contributed by atoms with Crippen LogP contribution < -0.4 is 5.32 Å². The molecule has 0 aromatic heterocycles. The Bertz CT molecular complexity index is 530. The van der Waals surface area contributed by atoms with Crippen LogP contribution in [0.25, 0.3) is 0 Å². The summed E-state index contributed by atoms with van der Waals surface area (Å²) in [7, 11) is 0. The van der Waals surface area contributed by atoms with Gasteiger partial charge in [-0.05, 0) is 70.8 Å². The van der Waals surface area contributed by atoms with Gasteiger partial charge in [-0.2, -0.15) is 0 Å². The van der Waals surface area contributed by atoms with Crippen molar-refractivity contribution in [2.24, 2.45) is 0 Å². The van der Waals surface area contributed by atoms with E-state index in [0.717, 1.165) is 6.54 Å². The minimum atomic E-state index is 0.284. The van der Waals surface area contributed by atoms with Crippen LogP contribution in [-0.2, 0) is 6.42 Å². The molecule has 2 aromatic carbocycles. The van der Waals surface area contributed by atoms with Crippen LogP contribution in [0.1, 0.15) is 49.4 Å². The maximum Gasteiger partial charge on any atom is 0.0576 e. The predicted molar refractivity (Wildman–Crippen MR) is 99.7 cm³/mol. The highest BCUT2D eigenvalue weighted by Gasteiger charge is 2.12. The number of benzene rings is 2. The van der Waals surface area contributed by atoms with Crippen molar-refractivity contribution in [3.05, 3.63) is 68.8 Å². The van der Waals surface area contributed by atoms with E-state index in [4.69, 9.17) is 0 Å². The Morgan fingerprint density at radius 2 is 1.48 bits per heavy atom. The van der Waals surface area contributed by atoms with Crippen molar-refractivity contribution in [1.29, 1.82) is 0 Å². The standard InChI is InChI=1S/C19H24IN/c1-3-5-6-15-7-9-16(10-8-15)19(21-4-2)17-11-13-18(20)14-12-17/h7-14,19,21H,3-6H2,1-2H3. The zero-order valence-corrected chi connectivity index (χ0v) is 15.1. The molecule has 1 unspecified atom stereocenters. The van der Waals surface area contributed by atoms with Crippen molar-refractivity contribution in [1.82, 2.24) is 5.32 Å². The minimum absolute atomic E-state index is 0.284. The average Bonchev–Trinajstić information content (AvgIpc) is 2.52. The molecule has 1 nitrogen and oxygen atoms in total. The summed E-state index contributed by atoms with van der Waals surface area (Å²) in [6.45, 7) is 5.37. The molecule has 0 heterocycles. The van der Waals surface area contributed by atoms with E-state index in [1.807, 2.05) is 0 Å². The number of nitrogens with one attached hydrogen (secondary N) is 1. The van der Waals surface area contributed by atoms with Crippen molar-refractivity contribution >= 4 is 22.6 Å². The van der Waals surface area contributed by atoms with Crippen molar-refractivity contribution in [3.63, 3.8) is 0 Å². The zero-order valence-electron chi connectivity index (χ0n) is 12.9. The van der Waals surface area contributed by atoms with E-state index in [-0.39, 0.29) is 6.04 Å². The summed E-state index contributed by atoms with van der Waals surface area (Å²) < 4.78 is 1.28. The lowest BCUT2D eigenvalue weighted by molar-refractivity contribution is 0.630. The molecule has 0 aliphatic heterocycles. The fourth-order valence-electron chi connectivity index (χ4n) is 2.55. The smallest absolute Gasteiger partial charge is 0.0576 e. The number of rotatable bonds is 7. The van der Waals surface area contributed by atoms with Crippen LogP contribution in [0.2, 0.25) is 0 Å². The second-order valence-electron chi connectivity index (χ2n) is 5.39. The molecule has 2 heteroatoms. The lowest BCUT2D eigenvalue weighted by atomic mass is 9.97. The van der Waals surface area contributed by atoms with Gasteiger partial charge in [-0.1, -0.05) is 56.7 Å². The maximum atomic E-state index is 3.59. The van der Waals surface area contributed by atoms with Gasteiger partial charge in [0.1, 0.15) is 0 Å². The third-order valence-corrected chi connectivity index (χ3v) is 4.46. The topological polar surface area (TPSA) is 12.0 Å². The highest BCUT2D eigenvalue weighted by atomic mass is 127. The third-order valence-electron chi connectivity index (χ3n) is 3.74. The van der Waals surface area contributed by atoms with Gasteiger partial charge in [-0.15, -0.1) is 0 Å². The predicted octanol–water partition coefficient (Wildman–Crippen LogP) is 5.33. The summed E-state index contributed by atoms with van der Waals surface area (Å²) in [5.41, 5.74) is 4.12. The molecule has 2 aromatic rings. The lowest BCUT2D eigenvalue weighted by Crippen LogP contribution is -2.21. The molecular formula is C19H24IN. The molecule has 21 heavy (non-hydrogen) atoms. The molecule has 112 valence electrons. The Labute approximate surface area is 142 Å². The molecule has 2 rings (SSSR count). The number of unbranched alkanes of at least 4 members (excludes halogenated alkanes) is 1. The Morgan fingerprint density at radius 1 is 0.905 bits per heavy atom. The maximum absolute atomic E-state index is 3.59. The molecule has 0 saturated heterocycles. The van der Waals surface area contributed by atoms with E-state index in [2.05, 4.69) is 90.3 Å². The fraction of sp³-hybridized carbons (Fsp3) is 0.368. The summed E-state index contributed by atoms with van der Waals surface area (Å²) >= 11 is 2.35. The summed E-state index contributed by atoms with van der Waals surface area (Å²) in [4.78, 5) is 0. The fourth-order valence-corrected chi connectivity index (χ4v) is 2.90. The van der Waals surface area contributed by atoms with E-state index >= 15 is 0 Å². The van der Waals surface area contributed by atoms with E-state index in [1.54, 1.807) is 0 Å². The molecular weight excluding hydrogens is 369 g/mol. The molecule has 0 amide bonds. The van der Waals surface area contributed by atoms with E-state index in [1.165, 1.54) is 39.5 Å². The summed E-state index contributed by atoms with van der Waals surface area (Å²) in [5, 5.41) is 3.59. The first-order valence-electron chi connectivity index (χ1n) is 7.82. The van der Waals surface area contributed by atoms with Crippen LogP contribution in [0, 0.1) is 3.57 Å². The summed E-state index contributed by atoms with van der Waals surface area (Å²) in [6.07, 6.45) is 3.71. The molecule has 0 fully saturated rings. The molecule has 0 aliphatic carbocycles. The van der Waals surface area contributed by atoms with E-state index in [9.17, 15) is 0 Å². The van der Waals surface area contributed by atoms with Crippen molar-refractivity contribution in [2.45, 2.75) is 39.2 Å². The third kappa shape index (κ3) is 4.82. The van der Waals surface area contributed by atoms with E-state index < -0.39 is 0 Å². The Hall–Kier alpha value is -0.870. The van der Waals surface area contributed by atoms with Crippen LogP contribution in [0.5, 0.6) is 0 Å². The van der Waals surface area contributed by atoms with Crippen LogP contribution in [0.15, 0.2) is 48.5 Å². The largest absolute Gasteiger partial charge is 0.307 e. The molecule has 0 saturated carbocycles. The molecule has 0 spiro atoms. The molecule has 1 atom stereocenters. The van der Waals surface area contributed by atoms with Crippen molar-refractivity contribution in [3.8, 4) is 0 Å². The van der Waals surface area contributed by atoms with Crippen LogP contribution in [-0.4, -0.2) is 6.54 Å². The van der Waals surface area contributed by atoms with Gasteiger partial charge < -0.3 is 5.32 Å². The first kappa shape index (κ1) is 16.5. The SMILES string of the molecule is CCCCc1ccc(C(NCC)c2ccc(I)cc2)cc1. The highest BCUT2D eigenvalue weighted by Crippen LogP contribution is 2.23. The van der Waals surface area contributed by atoms with Crippen LogP contribution in [0.4, 0.5) is 0 Å². The second kappa shape index (κ2) is 8.54. The van der Waals surface area contributed by atoms with Crippen LogP contribution in [0.3, 0.4) is 0 Å². The monoisotopic (exact) mass is 393 g/mol. The van der Waals surface area contributed by atoms with Gasteiger partial charge in [0, 0.05) is 3.57 Å². The van der Waals surface area contributed by atoms with Gasteiger partial charge >= 0.3 is 0 Å². The highest BCUT2D eigenvalue weighted by molar-refractivity contribution is 14.1. The number of hydrogen-bond donors (Lipinski definition) is 1. The van der Waals surface area contributed by atoms with Gasteiger partial charge in [-0.3, -0.25) is 0 Å². The zero-order chi connectivity index (χ0) is 15.1. The lowest BCUT2D eigenvalue weighted by Gasteiger charge is -2.19. The van der Waals surface area contributed by atoms with Crippen LogP contribution >= 0.6 is 22.6 Å². The van der Waals surface area contributed by atoms with E-state index in [0.29, 0.717) is 0 Å². The summed E-state index contributed by atoms with van der Waals surface area (Å²) in [6, 6.07) is 18.2. The minimum Gasteiger partial charge on any atom is -0.307 e. The Morgan fingerprint density at radius 3 is 2.00 bits per heavy atom. The van der Waals surface area contributed by atoms with Gasteiger partial charge in [-0.25, -0.2) is 0 Å². The van der Waals surface area contributed by atoms with Gasteiger partial charge in [0.2, 0.25) is 0 Å². The van der Waals surface area contributed by atoms with Crippen molar-refractivity contribution in [2.75, 3.05) is 6.54 Å². The molecule has 0 bridgehead atoms. The molecule has 0 radical (unpaired) electrons. The Balaban J connectivity index is 2.19. The first-order chi connectivity index (χ1) is 10.2. The number of hydrogen-bond acceptors (Lipinski definition) is 1. The number of halogens is 1. The molecule has 0 aliphatic rings. The Kier molecular flexibility index (Phi) is 6.71. The summed E-state index contributed by atoms with van der Waals surface area (Å²) in [5.74, 6) is 0. The second-order valence-corrected chi connectivity index (χ2v) is 6.63. The van der Waals surface area contributed by atoms with Crippen molar-refractivity contribution < 1.29 is 0 Å². The average molecular weight is 393 g/mol. The normalized spacial score (nSPS) is 12.3. The number of aryl methyl sites for hydroxylation is 1. The van der Waals surface area contributed by atoms with Gasteiger partial charge in [0.15, 0.2) is 0 Å². The first-order valence-corrected chi connectivity index (χ1v) is 8.90. The van der Waals surface area contributed by atoms with Gasteiger partial charge in [0.05, 0.1) is 6.04 Å².